The zero-order valence-electron chi connectivity index (χ0n) is 13.4. The summed E-state index contributed by atoms with van der Waals surface area (Å²) in [6, 6.07) is 13.8. The van der Waals surface area contributed by atoms with E-state index in [9.17, 15) is 4.79 Å². The number of fused-ring (bicyclic) bond motifs is 2. The van der Waals surface area contributed by atoms with Crippen LogP contribution in [0.15, 0.2) is 47.6 Å². The van der Waals surface area contributed by atoms with E-state index in [0.29, 0.717) is 0 Å². The first-order valence-corrected chi connectivity index (χ1v) is 8.61. The molecule has 1 amide bonds. The lowest BCUT2D eigenvalue weighted by molar-refractivity contribution is -0.118. The smallest absolute Gasteiger partial charge is 0.267 e. The van der Waals surface area contributed by atoms with Crippen LogP contribution < -0.4 is 15.5 Å². The minimum atomic E-state index is -0.890. The van der Waals surface area contributed by atoms with Crippen molar-refractivity contribution >= 4 is 28.4 Å². The molecule has 24 heavy (non-hydrogen) atoms. The number of ether oxygens (including phenoxy) is 1. The van der Waals surface area contributed by atoms with Gasteiger partial charge in [0.25, 0.3) is 5.91 Å². The van der Waals surface area contributed by atoms with Gasteiger partial charge in [-0.1, -0.05) is 36.9 Å². The molecule has 6 heteroatoms. The third-order valence-electron chi connectivity index (χ3n) is 4.32. The Morgan fingerprint density at radius 3 is 2.92 bits per heavy atom. The molecule has 0 bridgehead atoms. The molecule has 0 saturated carbocycles. The summed E-state index contributed by atoms with van der Waals surface area (Å²) in [6.45, 7) is 2.10. The van der Waals surface area contributed by atoms with Gasteiger partial charge < -0.3 is 10.1 Å². The highest BCUT2D eigenvalue weighted by atomic mass is 32.2. The van der Waals surface area contributed by atoms with Crippen LogP contribution in [-0.4, -0.2) is 18.1 Å². The average Bonchev–Trinajstić information content (AvgIpc) is 3.18. The predicted octanol–water partition coefficient (Wildman–Crippen LogP) is 3.06. The lowest BCUT2D eigenvalue weighted by Crippen LogP contribution is -2.39. The first kappa shape index (κ1) is 15.1. The molecule has 122 valence electrons. The van der Waals surface area contributed by atoms with Crippen LogP contribution in [0.1, 0.15) is 23.6 Å². The molecule has 2 N–H and O–H groups in total. The Labute approximate surface area is 144 Å². The first-order chi connectivity index (χ1) is 11.7. The fourth-order valence-electron chi connectivity index (χ4n) is 2.96. The van der Waals surface area contributed by atoms with E-state index in [1.165, 1.54) is 17.3 Å². The molecular formula is C18H17N3O2S. The lowest BCUT2D eigenvalue weighted by Gasteiger charge is -2.20. The second-order valence-corrected chi connectivity index (χ2v) is 6.93. The molecule has 0 aromatic heterocycles. The van der Waals surface area contributed by atoms with Crippen molar-refractivity contribution in [2.75, 3.05) is 12.4 Å². The lowest BCUT2D eigenvalue weighted by atomic mass is 10.0. The number of hydrogen-bond acceptors (Lipinski definition) is 5. The molecule has 2 aliphatic heterocycles. The number of benzene rings is 2. The molecule has 0 fully saturated rings. The molecule has 1 atom stereocenters. The highest BCUT2D eigenvalue weighted by Gasteiger charge is 2.52. The molecule has 2 heterocycles. The Bertz CT molecular complexity index is 865. The van der Waals surface area contributed by atoms with Gasteiger partial charge in [-0.25, -0.2) is 0 Å². The number of nitrogens with zero attached hydrogens (tertiary/aromatic N) is 1. The van der Waals surface area contributed by atoms with Gasteiger partial charge in [-0.2, -0.15) is 5.10 Å². The molecule has 0 saturated heterocycles. The molecule has 1 unspecified atom stereocenters. The van der Waals surface area contributed by atoms with Crippen LogP contribution in [0.5, 0.6) is 5.75 Å². The van der Waals surface area contributed by atoms with Crippen LogP contribution in [0, 0.1) is 0 Å². The van der Waals surface area contributed by atoms with Gasteiger partial charge in [0.15, 0.2) is 0 Å². The monoisotopic (exact) mass is 339 g/mol. The van der Waals surface area contributed by atoms with Crippen molar-refractivity contribution in [2.24, 2.45) is 5.10 Å². The van der Waals surface area contributed by atoms with E-state index in [-0.39, 0.29) is 5.91 Å². The van der Waals surface area contributed by atoms with E-state index in [1.54, 1.807) is 7.11 Å². The topological polar surface area (TPSA) is 62.7 Å². The number of carbonyl (C=O) groups excluding carboxylic acids is 1. The van der Waals surface area contributed by atoms with Gasteiger partial charge >= 0.3 is 0 Å². The summed E-state index contributed by atoms with van der Waals surface area (Å²) < 4.78 is 5.28. The van der Waals surface area contributed by atoms with Crippen LogP contribution in [0.25, 0.3) is 0 Å². The van der Waals surface area contributed by atoms with Gasteiger partial charge in [0.1, 0.15) is 10.8 Å². The van der Waals surface area contributed by atoms with Gasteiger partial charge in [0.05, 0.1) is 7.11 Å². The average molecular weight is 339 g/mol. The van der Waals surface area contributed by atoms with E-state index in [4.69, 9.17) is 4.74 Å². The van der Waals surface area contributed by atoms with Gasteiger partial charge in [0, 0.05) is 16.8 Å². The Morgan fingerprint density at radius 2 is 2.12 bits per heavy atom. The second kappa shape index (κ2) is 5.56. The summed E-state index contributed by atoms with van der Waals surface area (Å²) in [7, 11) is 1.63. The normalized spacial score (nSPS) is 21.2. The largest absolute Gasteiger partial charge is 0.497 e. The Balaban J connectivity index is 1.71. The summed E-state index contributed by atoms with van der Waals surface area (Å²) in [5.74, 6) is 0.679. The summed E-state index contributed by atoms with van der Waals surface area (Å²) in [5, 5.41) is 8.17. The predicted molar refractivity (Wildman–Crippen MR) is 96.4 cm³/mol. The SMILES string of the molecule is CCc1ccc2c(c1)C1(NN=C(c3cccc(OC)c3)S1)C(=O)N2. The van der Waals surface area contributed by atoms with Gasteiger partial charge in [-0.05, 0) is 36.2 Å². The minimum absolute atomic E-state index is 0.0857. The number of thioether (sulfide) groups is 1. The van der Waals surface area contributed by atoms with E-state index in [2.05, 4.69) is 28.8 Å². The van der Waals surface area contributed by atoms with E-state index in [1.807, 2.05) is 36.4 Å². The second-order valence-electron chi connectivity index (χ2n) is 5.73. The van der Waals surface area contributed by atoms with Crippen molar-refractivity contribution in [3.63, 3.8) is 0 Å². The number of amides is 1. The fraction of sp³-hybridized carbons (Fsp3) is 0.222. The summed E-state index contributed by atoms with van der Waals surface area (Å²) in [6.07, 6.45) is 0.922. The Kier molecular flexibility index (Phi) is 3.49. The molecule has 2 aromatic rings. The van der Waals surface area contributed by atoms with E-state index >= 15 is 0 Å². The number of methoxy groups -OCH3 is 1. The summed E-state index contributed by atoms with van der Waals surface area (Å²) in [4.78, 5) is 11.8. The maximum absolute atomic E-state index is 12.7. The molecule has 0 aliphatic carbocycles. The molecule has 4 rings (SSSR count). The number of anilines is 1. The number of carbonyl (C=O) groups is 1. The van der Waals surface area contributed by atoms with Crippen molar-refractivity contribution in [1.82, 2.24) is 5.43 Å². The zero-order chi connectivity index (χ0) is 16.7. The highest BCUT2D eigenvalue weighted by molar-refractivity contribution is 8.16. The number of aryl methyl sites for hydroxylation is 1. The summed E-state index contributed by atoms with van der Waals surface area (Å²) in [5.41, 5.74) is 6.99. The highest BCUT2D eigenvalue weighted by Crippen LogP contribution is 2.48. The first-order valence-electron chi connectivity index (χ1n) is 7.79. The zero-order valence-corrected chi connectivity index (χ0v) is 14.2. The molecule has 2 aromatic carbocycles. The van der Waals surface area contributed by atoms with E-state index < -0.39 is 4.87 Å². The van der Waals surface area contributed by atoms with Crippen molar-refractivity contribution in [1.29, 1.82) is 0 Å². The molecule has 0 radical (unpaired) electrons. The third kappa shape index (κ3) is 2.17. The standard InChI is InChI=1S/C18H17N3O2S/c1-3-11-7-8-15-14(9-11)18(17(22)19-15)21-20-16(24-18)12-5-4-6-13(10-12)23-2/h4-10,21H,3H2,1-2H3,(H,19,22). The van der Waals surface area contributed by atoms with Gasteiger partial charge in [-0.3, -0.25) is 10.2 Å². The maximum Gasteiger partial charge on any atom is 0.267 e. The molecular weight excluding hydrogens is 322 g/mol. The fourth-order valence-corrected chi connectivity index (χ4v) is 4.10. The Hall–Kier alpha value is -2.47. The quantitative estimate of drug-likeness (QED) is 0.902. The third-order valence-corrected chi connectivity index (χ3v) is 5.64. The maximum atomic E-state index is 12.7. The van der Waals surface area contributed by atoms with Crippen molar-refractivity contribution in [3.05, 3.63) is 59.2 Å². The number of hydrogen-bond donors (Lipinski definition) is 2. The molecule has 1 spiro atoms. The van der Waals surface area contributed by atoms with Crippen LogP contribution >= 0.6 is 11.8 Å². The van der Waals surface area contributed by atoms with Gasteiger partial charge in [0.2, 0.25) is 4.87 Å². The van der Waals surface area contributed by atoms with Gasteiger partial charge in [-0.15, -0.1) is 0 Å². The van der Waals surface area contributed by atoms with Crippen LogP contribution in [0.2, 0.25) is 0 Å². The summed E-state index contributed by atoms with van der Waals surface area (Å²) >= 11 is 1.43. The minimum Gasteiger partial charge on any atom is -0.497 e. The molecule has 5 nitrogen and oxygen atoms in total. The van der Waals surface area contributed by atoms with Crippen molar-refractivity contribution in [3.8, 4) is 5.75 Å². The Morgan fingerprint density at radius 1 is 1.25 bits per heavy atom. The van der Waals surface area contributed by atoms with Crippen molar-refractivity contribution < 1.29 is 9.53 Å². The van der Waals surface area contributed by atoms with Crippen molar-refractivity contribution in [2.45, 2.75) is 18.2 Å². The van der Waals surface area contributed by atoms with E-state index in [0.717, 1.165) is 34.0 Å². The van der Waals surface area contributed by atoms with Crippen LogP contribution in [-0.2, 0) is 16.1 Å². The number of nitrogens with one attached hydrogen (secondary N) is 2. The van der Waals surface area contributed by atoms with Crippen LogP contribution in [0.3, 0.4) is 0 Å². The number of rotatable bonds is 3. The molecule has 2 aliphatic rings. The van der Waals surface area contributed by atoms with Crippen LogP contribution in [0.4, 0.5) is 5.69 Å². The number of hydrazone groups is 1.